The number of nitrogens with zero attached hydrogens (tertiary/aromatic N) is 3. The molecule has 2 aliphatic heterocycles. The lowest BCUT2D eigenvalue weighted by molar-refractivity contribution is 0.0975. The van der Waals surface area contributed by atoms with Crippen molar-refractivity contribution in [3.8, 4) is 6.07 Å². The average molecular weight is 259 g/mol. The van der Waals surface area contributed by atoms with E-state index in [9.17, 15) is 9.65 Å². The lowest BCUT2D eigenvalue weighted by Crippen LogP contribution is -2.49. The van der Waals surface area contributed by atoms with Crippen molar-refractivity contribution in [2.24, 2.45) is 0 Å². The van der Waals surface area contributed by atoms with Gasteiger partial charge in [0, 0.05) is 31.0 Å². The fourth-order valence-electron chi connectivity index (χ4n) is 3.84. The Morgan fingerprint density at radius 1 is 1.42 bits per heavy atom. The predicted octanol–water partition coefficient (Wildman–Crippen LogP) is 2.44. The number of rotatable bonds is 3. The van der Waals surface area contributed by atoms with Gasteiger partial charge in [-0.05, 0) is 37.3 Å². The van der Waals surface area contributed by atoms with Crippen LogP contribution in [0.4, 0.5) is 4.39 Å². The summed E-state index contributed by atoms with van der Waals surface area (Å²) in [5.74, 6) is 0. The van der Waals surface area contributed by atoms with Crippen molar-refractivity contribution in [2.75, 3.05) is 13.2 Å². The Hall–Kier alpha value is -1.47. The molecule has 0 radical (unpaired) electrons. The number of alkyl halides is 1. The van der Waals surface area contributed by atoms with Crippen molar-refractivity contribution >= 4 is 0 Å². The summed E-state index contributed by atoms with van der Waals surface area (Å²) in [4.78, 5) is 6.42. The number of fused-ring (bicyclic) bond motifs is 2. The van der Waals surface area contributed by atoms with Crippen LogP contribution in [0.15, 0.2) is 24.5 Å². The third kappa shape index (κ3) is 2.02. The third-order valence-corrected chi connectivity index (χ3v) is 4.71. The Balaban J connectivity index is 1.90. The Morgan fingerprint density at radius 3 is 2.68 bits per heavy atom. The average Bonchev–Trinajstić information content (AvgIpc) is 2.72. The molecule has 0 saturated carbocycles. The highest BCUT2D eigenvalue weighted by Crippen LogP contribution is 2.46. The highest BCUT2D eigenvalue weighted by molar-refractivity contribution is 5.33. The first-order chi connectivity index (χ1) is 9.29. The topological polar surface area (TPSA) is 39.9 Å². The molecule has 3 rings (SSSR count). The molecule has 0 aromatic carbocycles. The molecular formula is C15H18FN3. The lowest BCUT2D eigenvalue weighted by atomic mass is 9.71. The smallest absolute Gasteiger partial charge is 0.102 e. The molecular weight excluding hydrogens is 241 g/mol. The van der Waals surface area contributed by atoms with Crippen molar-refractivity contribution in [1.29, 1.82) is 5.26 Å². The molecule has 1 aromatic rings. The summed E-state index contributed by atoms with van der Waals surface area (Å²) in [5.41, 5.74) is 0.599. The lowest BCUT2D eigenvalue weighted by Gasteiger charge is -2.43. The Bertz CT molecular complexity index is 468. The number of nitriles is 1. The largest absolute Gasteiger partial charge is 0.295 e. The van der Waals surface area contributed by atoms with E-state index >= 15 is 0 Å². The summed E-state index contributed by atoms with van der Waals surface area (Å²) in [6, 6.07) is 7.14. The van der Waals surface area contributed by atoms with Gasteiger partial charge in [-0.15, -0.1) is 0 Å². The second-order valence-electron chi connectivity index (χ2n) is 5.66. The zero-order chi connectivity index (χ0) is 13.3. The second-order valence-corrected chi connectivity index (χ2v) is 5.66. The summed E-state index contributed by atoms with van der Waals surface area (Å²) in [5, 5.41) is 9.70. The zero-order valence-electron chi connectivity index (χ0n) is 10.9. The quantitative estimate of drug-likeness (QED) is 0.837. The third-order valence-electron chi connectivity index (χ3n) is 4.71. The Labute approximate surface area is 113 Å². The van der Waals surface area contributed by atoms with E-state index in [1.807, 2.05) is 18.3 Å². The number of aromatic nitrogens is 1. The van der Waals surface area contributed by atoms with E-state index in [0.717, 1.165) is 31.2 Å². The maximum atomic E-state index is 12.6. The first-order valence-electron chi connectivity index (χ1n) is 6.92. The van der Waals surface area contributed by atoms with Crippen LogP contribution in [0.1, 0.15) is 31.2 Å². The molecule has 1 aromatic heterocycles. The van der Waals surface area contributed by atoms with Gasteiger partial charge in [-0.3, -0.25) is 9.88 Å². The molecule has 19 heavy (non-hydrogen) atoms. The fraction of sp³-hybridized carbons (Fsp3) is 0.600. The van der Waals surface area contributed by atoms with Crippen LogP contribution < -0.4 is 0 Å². The van der Waals surface area contributed by atoms with Crippen LogP contribution >= 0.6 is 0 Å². The van der Waals surface area contributed by atoms with Gasteiger partial charge in [-0.1, -0.05) is 6.07 Å². The number of piperidine rings is 1. The molecule has 0 N–H and O–H groups in total. The maximum Gasteiger partial charge on any atom is 0.102 e. The summed E-state index contributed by atoms with van der Waals surface area (Å²) in [6.07, 6.45) is 7.36. The van der Waals surface area contributed by atoms with Gasteiger partial charge in [-0.25, -0.2) is 4.39 Å². The number of halogens is 1. The van der Waals surface area contributed by atoms with Gasteiger partial charge < -0.3 is 0 Å². The number of hydrogen-bond acceptors (Lipinski definition) is 3. The Kier molecular flexibility index (Phi) is 3.24. The van der Waals surface area contributed by atoms with E-state index < -0.39 is 5.41 Å². The monoisotopic (exact) mass is 259 g/mol. The normalized spacial score (nSPS) is 34.1. The molecule has 2 fully saturated rings. The number of hydrogen-bond donors (Lipinski definition) is 0. The SMILES string of the molecule is N#CC1(c2cccnc2)CC2CCC(C1)N2CCF. The fourth-order valence-corrected chi connectivity index (χ4v) is 3.84. The second kappa shape index (κ2) is 4.90. The van der Waals surface area contributed by atoms with Crippen molar-refractivity contribution in [3.05, 3.63) is 30.1 Å². The first-order valence-corrected chi connectivity index (χ1v) is 6.92. The standard InChI is InChI=1S/C15H18FN3/c16-5-7-19-13-3-4-14(19)9-15(8-13,11-17)12-2-1-6-18-10-12/h1-2,6,10,13-14H,3-5,7-9H2. The molecule has 0 spiro atoms. The molecule has 0 aliphatic carbocycles. The molecule has 2 bridgehead atoms. The van der Waals surface area contributed by atoms with Crippen molar-refractivity contribution < 1.29 is 4.39 Å². The van der Waals surface area contributed by atoms with E-state index in [1.165, 1.54) is 0 Å². The predicted molar refractivity (Wildman–Crippen MR) is 70.3 cm³/mol. The minimum absolute atomic E-state index is 0.292. The molecule has 4 heteroatoms. The highest BCUT2D eigenvalue weighted by Gasteiger charge is 2.49. The van der Waals surface area contributed by atoms with Gasteiger partial charge in [0.2, 0.25) is 0 Å². The van der Waals surface area contributed by atoms with E-state index in [-0.39, 0.29) is 6.67 Å². The summed E-state index contributed by atoms with van der Waals surface area (Å²) in [7, 11) is 0. The summed E-state index contributed by atoms with van der Waals surface area (Å²) < 4.78 is 12.6. The highest BCUT2D eigenvalue weighted by atomic mass is 19.1. The van der Waals surface area contributed by atoms with E-state index in [4.69, 9.17) is 0 Å². The molecule has 100 valence electrons. The van der Waals surface area contributed by atoms with E-state index in [0.29, 0.717) is 18.6 Å². The van der Waals surface area contributed by atoms with Gasteiger partial charge in [-0.2, -0.15) is 5.26 Å². The molecule has 2 atom stereocenters. The van der Waals surface area contributed by atoms with Crippen LogP contribution in [-0.2, 0) is 5.41 Å². The minimum atomic E-state index is -0.424. The molecule has 3 heterocycles. The maximum absolute atomic E-state index is 12.6. The van der Waals surface area contributed by atoms with Crippen LogP contribution in [0.3, 0.4) is 0 Å². The van der Waals surface area contributed by atoms with Crippen molar-refractivity contribution in [1.82, 2.24) is 9.88 Å². The van der Waals surface area contributed by atoms with Gasteiger partial charge in [0.1, 0.15) is 6.67 Å². The summed E-state index contributed by atoms with van der Waals surface area (Å²) in [6.45, 7) is 0.226. The van der Waals surface area contributed by atoms with Crippen molar-refractivity contribution in [2.45, 2.75) is 43.2 Å². The number of pyridine rings is 1. The van der Waals surface area contributed by atoms with Gasteiger partial charge in [0.15, 0.2) is 0 Å². The van der Waals surface area contributed by atoms with Crippen molar-refractivity contribution in [3.63, 3.8) is 0 Å². The molecule has 3 nitrogen and oxygen atoms in total. The van der Waals surface area contributed by atoms with Gasteiger partial charge >= 0.3 is 0 Å². The van der Waals surface area contributed by atoms with Crippen LogP contribution in [-0.4, -0.2) is 35.2 Å². The summed E-state index contributed by atoms with van der Waals surface area (Å²) >= 11 is 0. The van der Waals surface area contributed by atoms with Crippen LogP contribution in [0.5, 0.6) is 0 Å². The van der Waals surface area contributed by atoms with Crippen LogP contribution in [0.2, 0.25) is 0 Å². The van der Waals surface area contributed by atoms with E-state index in [2.05, 4.69) is 16.0 Å². The minimum Gasteiger partial charge on any atom is -0.295 e. The Morgan fingerprint density at radius 2 is 2.16 bits per heavy atom. The van der Waals surface area contributed by atoms with Gasteiger partial charge in [0.25, 0.3) is 0 Å². The van der Waals surface area contributed by atoms with Crippen LogP contribution in [0, 0.1) is 11.3 Å². The molecule has 0 amide bonds. The zero-order valence-corrected chi connectivity index (χ0v) is 10.9. The molecule has 2 aliphatic rings. The molecule has 2 unspecified atom stereocenters. The van der Waals surface area contributed by atoms with Gasteiger partial charge in [0.05, 0.1) is 11.5 Å². The first kappa shape index (κ1) is 12.6. The van der Waals surface area contributed by atoms with Crippen LogP contribution in [0.25, 0.3) is 0 Å². The van der Waals surface area contributed by atoms with E-state index in [1.54, 1.807) is 6.20 Å². The molecule has 2 saturated heterocycles.